The van der Waals surface area contributed by atoms with Gasteiger partial charge in [-0.15, -0.1) is 22.7 Å². The summed E-state index contributed by atoms with van der Waals surface area (Å²) in [6, 6.07) is 11.2. The Labute approximate surface area is 155 Å². The number of hydrogen-bond acceptors (Lipinski definition) is 6. The molecule has 0 unspecified atom stereocenters. The Morgan fingerprint density at radius 3 is 2.56 bits per heavy atom. The number of rotatable bonds is 7. The molecule has 25 heavy (non-hydrogen) atoms. The summed E-state index contributed by atoms with van der Waals surface area (Å²) in [4.78, 5) is 5.55. The van der Waals surface area contributed by atoms with Gasteiger partial charge < -0.3 is 4.74 Å². The van der Waals surface area contributed by atoms with Gasteiger partial charge in [0, 0.05) is 28.8 Å². The van der Waals surface area contributed by atoms with Crippen LogP contribution in [-0.4, -0.2) is 27.1 Å². The van der Waals surface area contributed by atoms with Crippen molar-refractivity contribution >= 4 is 32.7 Å². The third-order valence-corrected chi connectivity index (χ3v) is 7.44. The van der Waals surface area contributed by atoms with Gasteiger partial charge in [-0.25, -0.2) is 18.1 Å². The lowest BCUT2D eigenvalue weighted by Gasteiger charge is -2.03. The second kappa shape index (κ2) is 7.65. The van der Waals surface area contributed by atoms with E-state index in [0.717, 1.165) is 26.9 Å². The van der Waals surface area contributed by atoms with E-state index in [1.54, 1.807) is 30.6 Å². The molecule has 0 fully saturated rings. The zero-order valence-corrected chi connectivity index (χ0v) is 16.3. The van der Waals surface area contributed by atoms with Crippen molar-refractivity contribution in [3.8, 4) is 16.3 Å². The quantitative estimate of drug-likeness (QED) is 0.663. The largest absolute Gasteiger partial charge is 0.497 e. The fraction of sp³-hybridized carbons (Fsp3) is 0.235. The molecule has 0 spiro atoms. The first-order valence-electron chi connectivity index (χ1n) is 7.63. The van der Waals surface area contributed by atoms with Crippen LogP contribution in [0.2, 0.25) is 0 Å². The molecule has 0 aliphatic rings. The van der Waals surface area contributed by atoms with Crippen molar-refractivity contribution in [2.24, 2.45) is 0 Å². The number of benzene rings is 1. The van der Waals surface area contributed by atoms with E-state index >= 15 is 0 Å². The zero-order chi connectivity index (χ0) is 17.9. The Morgan fingerprint density at radius 2 is 1.92 bits per heavy atom. The van der Waals surface area contributed by atoms with Crippen molar-refractivity contribution in [3.05, 3.63) is 52.3 Å². The van der Waals surface area contributed by atoms with E-state index in [4.69, 9.17) is 4.74 Å². The van der Waals surface area contributed by atoms with Crippen LogP contribution in [0, 0.1) is 6.92 Å². The van der Waals surface area contributed by atoms with Crippen LogP contribution in [0.25, 0.3) is 10.6 Å². The highest BCUT2D eigenvalue weighted by Gasteiger charge is 2.15. The second-order valence-corrected chi connectivity index (χ2v) is 9.53. The van der Waals surface area contributed by atoms with E-state index in [9.17, 15) is 8.42 Å². The van der Waals surface area contributed by atoms with Crippen LogP contribution < -0.4 is 9.46 Å². The van der Waals surface area contributed by atoms with Gasteiger partial charge in [0.25, 0.3) is 0 Å². The molecule has 0 saturated heterocycles. The molecule has 0 atom stereocenters. The lowest BCUT2D eigenvalue weighted by Crippen LogP contribution is -2.25. The molecule has 3 aromatic rings. The highest BCUT2D eigenvalue weighted by Crippen LogP contribution is 2.26. The van der Waals surface area contributed by atoms with Crippen molar-refractivity contribution in [1.29, 1.82) is 0 Å². The minimum absolute atomic E-state index is 0.324. The van der Waals surface area contributed by atoms with Gasteiger partial charge in [0.05, 0.1) is 12.8 Å². The van der Waals surface area contributed by atoms with E-state index in [0.29, 0.717) is 17.2 Å². The summed E-state index contributed by atoms with van der Waals surface area (Å²) in [5.74, 6) is 0.804. The number of hydrogen-bond donors (Lipinski definition) is 1. The maximum atomic E-state index is 12.2. The molecule has 0 saturated carbocycles. The van der Waals surface area contributed by atoms with Gasteiger partial charge >= 0.3 is 0 Å². The molecule has 2 heterocycles. The second-order valence-electron chi connectivity index (χ2n) is 5.39. The Morgan fingerprint density at radius 1 is 1.16 bits per heavy atom. The predicted molar refractivity (Wildman–Crippen MR) is 102 cm³/mol. The smallest absolute Gasteiger partial charge is 0.250 e. The number of aryl methyl sites for hydroxylation is 1. The summed E-state index contributed by atoms with van der Waals surface area (Å²) in [6.07, 6.45) is 0.552. The van der Waals surface area contributed by atoms with Gasteiger partial charge in [-0.2, -0.15) is 0 Å². The number of nitrogens with one attached hydrogen (secondary N) is 1. The molecule has 5 nitrogen and oxygen atoms in total. The van der Waals surface area contributed by atoms with E-state index < -0.39 is 10.0 Å². The minimum Gasteiger partial charge on any atom is -0.497 e. The van der Waals surface area contributed by atoms with Crippen LogP contribution in [0.3, 0.4) is 0 Å². The van der Waals surface area contributed by atoms with Crippen molar-refractivity contribution < 1.29 is 13.2 Å². The lowest BCUT2D eigenvalue weighted by molar-refractivity contribution is 0.415. The third-order valence-electron chi connectivity index (χ3n) is 3.54. The average molecular weight is 395 g/mol. The number of ether oxygens (including phenoxy) is 1. The Hall–Kier alpha value is -1.74. The molecule has 0 radical (unpaired) electrons. The summed E-state index contributed by atoms with van der Waals surface area (Å²) in [6.45, 7) is 2.21. The van der Waals surface area contributed by atoms with Gasteiger partial charge in [0.15, 0.2) is 0 Å². The van der Waals surface area contributed by atoms with Crippen LogP contribution >= 0.6 is 22.7 Å². The first-order valence-corrected chi connectivity index (χ1v) is 10.8. The summed E-state index contributed by atoms with van der Waals surface area (Å²) < 4.78 is 32.5. The zero-order valence-electron chi connectivity index (χ0n) is 13.9. The fourth-order valence-corrected chi connectivity index (χ4v) is 5.45. The summed E-state index contributed by atoms with van der Waals surface area (Å²) in [5.41, 5.74) is 1.90. The number of nitrogens with zero attached hydrogens (tertiary/aromatic N) is 1. The molecular weight excluding hydrogens is 376 g/mol. The van der Waals surface area contributed by atoms with Gasteiger partial charge in [0.1, 0.15) is 15.0 Å². The average Bonchev–Trinajstić information content (AvgIpc) is 3.24. The van der Waals surface area contributed by atoms with E-state index in [1.807, 2.05) is 36.6 Å². The first-order chi connectivity index (χ1) is 12.0. The first kappa shape index (κ1) is 18.1. The SMILES string of the molecule is COc1ccc(-c2nc(CCNS(=O)(=O)c3ccc(C)s3)cs2)cc1. The molecule has 0 bridgehead atoms. The molecule has 1 N–H and O–H groups in total. The Balaban J connectivity index is 1.60. The number of thiazole rings is 1. The number of aromatic nitrogens is 1. The highest BCUT2D eigenvalue weighted by molar-refractivity contribution is 7.91. The fourth-order valence-electron chi connectivity index (χ4n) is 2.23. The van der Waals surface area contributed by atoms with Crippen molar-refractivity contribution in [3.63, 3.8) is 0 Å². The summed E-state index contributed by atoms with van der Waals surface area (Å²) in [5, 5.41) is 2.87. The lowest BCUT2D eigenvalue weighted by atomic mass is 10.2. The van der Waals surface area contributed by atoms with Gasteiger partial charge in [0.2, 0.25) is 10.0 Å². The van der Waals surface area contributed by atoms with Gasteiger partial charge in [-0.1, -0.05) is 0 Å². The summed E-state index contributed by atoms with van der Waals surface area (Å²) >= 11 is 2.82. The van der Waals surface area contributed by atoms with Crippen LogP contribution in [0.1, 0.15) is 10.6 Å². The predicted octanol–water partition coefficient (Wildman–Crippen LogP) is 3.71. The minimum atomic E-state index is -3.43. The molecule has 2 aromatic heterocycles. The maximum absolute atomic E-state index is 12.2. The van der Waals surface area contributed by atoms with Crippen LogP contribution in [-0.2, 0) is 16.4 Å². The van der Waals surface area contributed by atoms with Crippen LogP contribution in [0.4, 0.5) is 0 Å². The highest BCUT2D eigenvalue weighted by atomic mass is 32.2. The third kappa shape index (κ3) is 4.46. The topological polar surface area (TPSA) is 68.3 Å². The van der Waals surface area contributed by atoms with Gasteiger partial charge in [-0.05, 0) is 43.3 Å². The molecule has 0 amide bonds. The van der Waals surface area contributed by atoms with Crippen molar-refractivity contribution in [1.82, 2.24) is 9.71 Å². The number of sulfonamides is 1. The molecule has 0 aliphatic carbocycles. The van der Waals surface area contributed by atoms with E-state index in [2.05, 4.69) is 9.71 Å². The molecule has 8 heteroatoms. The van der Waals surface area contributed by atoms with Crippen LogP contribution in [0.15, 0.2) is 46.0 Å². The van der Waals surface area contributed by atoms with E-state index in [1.165, 1.54) is 11.3 Å². The van der Waals surface area contributed by atoms with E-state index in [-0.39, 0.29) is 0 Å². The van der Waals surface area contributed by atoms with Crippen molar-refractivity contribution in [2.75, 3.05) is 13.7 Å². The monoisotopic (exact) mass is 394 g/mol. The Bertz CT molecular complexity index is 944. The molecule has 1 aromatic carbocycles. The van der Waals surface area contributed by atoms with Crippen LogP contribution in [0.5, 0.6) is 5.75 Å². The Kier molecular flexibility index (Phi) is 5.53. The molecule has 3 rings (SSSR count). The standard InChI is InChI=1S/C17H18N2O3S3/c1-12-3-8-16(24-12)25(20,21)18-10-9-14-11-23-17(19-14)13-4-6-15(22-2)7-5-13/h3-8,11,18H,9-10H2,1-2H3. The van der Waals surface area contributed by atoms with Crippen molar-refractivity contribution in [2.45, 2.75) is 17.6 Å². The summed E-state index contributed by atoms with van der Waals surface area (Å²) in [7, 11) is -1.80. The number of methoxy groups -OCH3 is 1. The number of thiophene rings is 1. The molecular formula is C17H18N2O3S3. The van der Waals surface area contributed by atoms with Gasteiger partial charge in [-0.3, -0.25) is 0 Å². The maximum Gasteiger partial charge on any atom is 0.250 e. The molecule has 132 valence electrons. The normalized spacial score (nSPS) is 11.6. The molecule has 0 aliphatic heterocycles.